The van der Waals surface area contributed by atoms with Crippen LogP contribution in [0.5, 0.6) is 0 Å². The highest BCUT2D eigenvalue weighted by Crippen LogP contribution is 2.38. The van der Waals surface area contributed by atoms with Crippen LogP contribution in [0.2, 0.25) is 5.02 Å². The first-order valence-electron chi connectivity index (χ1n) is 5.28. The lowest BCUT2D eigenvalue weighted by Gasteiger charge is -2.06. The molecule has 0 aliphatic carbocycles. The zero-order chi connectivity index (χ0) is 12.6. The van der Waals surface area contributed by atoms with Gasteiger partial charge in [-0.2, -0.15) is 11.8 Å². The SMILES string of the molecule is CC(C)SCC1=Cc2c(Cl)cccc2S1(=O)=O. The van der Waals surface area contributed by atoms with Crippen molar-refractivity contribution in [1.29, 1.82) is 0 Å². The van der Waals surface area contributed by atoms with Gasteiger partial charge in [-0.05, 0) is 23.5 Å². The Balaban J connectivity index is 2.40. The summed E-state index contributed by atoms with van der Waals surface area (Å²) in [5.74, 6) is 0.505. The molecule has 0 unspecified atom stereocenters. The number of fused-ring (bicyclic) bond motifs is 1. The number of hydrogen-bond donors (Lipinski definition) is 0. The van der Waals surface area contributed by atoms with E-state index in [1.54, 1.807) is 36.0 Å². The number of hydrogen-bond acceptors (Lipinski definition) is 3. The summed E-state index contributed by atoms with van der Waals surface area (Å²) >= 11 is 7.63. The molecule has 2 rings (SSSR count). The lowest BCUT2D eigenvalue weighted by Crippen LogP contribution is -2.04. The molecule has 0 atom stereocenters. The first-order valence-corrected chi connectivity index (χ1v) is 8.19. The van der Waals surface area contributed by atoms with Crippen LogP contribution in [0.25, 0.3) is 6.08 Å². The number of sulfone groups is 1. The van der Waals surface area contributed by atoms with Gasteiger partial charge in [-0.3, -0.25) is 0 Å². The van der Waals surface area contributed by atoms with Crippen molar-refractivity contribution in [1.82, 2.24) is 0 Å². The summed E-state index contributed by atoms with van der Waals surface area (Å²) in [5, 5.41) is 0.904. The van der Waals surface area contributed by atoms with E-state index in [-0.39, 0.29) is 0 Å². The monoisotopic (exact) mass is 288 g/mol. The first-order chi connectivity index (χ1) is 7.93. The molecule has 0 saturated heterocycles. The fraction of sp³-hybridized carbons (Fsp3) is 0.333. The summed E-state index contributed by atoms with van der Waals surface area (Å²) in [7, 11) is -3.31. The standard InChI is InChI=1S/C12H13ClO2S2/c1-8(2)16-7-9-6-10-11(13)4-3-5-12(10)17(9,14)15/h3-6,8H,7H2,1-2H3. The van der Waals surface area contributed by atoms with Gasteiger partial charge >= 0.3 is 0 Å². The highest BCUT2D eigenvalue weighted by atomic mass is 35.5. The predicted octanol–water partition coefficient (Wildman–Crippen LogP) is 3.61. The lowest BCUT2D eigenvalue weighted by molar-refractivity contribution is 0.603. The Morgan fingerprint density at radius 3 is 2.65 bits per heavy atom. The second kappa shape index (κ2) is 4.67. The van der Waals surface area contributed by atoms with Crippen LogP contribution in [0.4, 0.5) is 0 Å². The molecule has 0 amide bonds. The molecular formula is C12H13ClO2S2. The molecule has 2 nitrogen and oxygen atoms in total. The van der Waals surface area contributed by atoms with E-state index in [1.165, 1.54) is 0 Å². The van der Waals surface area contributed by atoms with Crippen molar-refractivity contribution in [2.75, 3.05) is 5.75 Å². The second-order valence-electron chi connectivity index (χ2n) is 4.13. The van der Waals surface area contributed by atoms with Crippen LogP contribution < -0.4 is 0 Å². The Bertz CT molecular complexity index is 574. The number of thioether (sulfide) groups is 1. The van der Waals surface area contributed by atoms with Crippen LogP contribution >= 0.6 is 23.4 Å². The average Bonchev–Trinajstić information content (AvgIpc) is 2.50. The molecule has 1 aromatic rings. The first kappa shape index (κ1) is 13.0. The van der Waals surface area contributed by atoms with E-state index in [0.29, 0.717) is 31.4 Å². The summed E-state index contributed by atoms with van der Waals surface area (Å²) in [6, 6.07) is 5.00. The fourth-order valence-corrected chi connectivity index (χ4v) is 4.60. The molecule has 92 valence electrons. The largest absolute Gasteiger partial charge is 0.219 e. The van der Waals surface area contributed by atoms with Crippen LogP contribution in [0, 0.1) is 0 Å². The smallest absolute Gasteiger partial charge is 0.204 e. The summed E-state index contributed by atoms with van der Waals surface area (Å²) in [5.41, 5.74) is 0.633. The average molecular weight is 289 g/mol. The maximum atomic E-state index is 12.2. The highest BCUT2D eigenvalue weighted by Gasteiger charge is 2.30. The van der Waals surface area contributed by atoms with Gasteiger partial charge in [-0.15, -0.1) is 0 Å². The van der Waals surface area contributed by atoms with E-state index < -0.39 is 9.84 Å². The minimum absolute atomic E-state index is 0.337. The van der Waals surface area contributed by atoms with Crippen LogP contribution in [0.3, 0.4) is 0 Å². The molecule has 0 spiro atoms. The summed E-state index contributed by atoms with van der Waals surface area (Å²) in [6.45, 7) is 4.10. The van der Waals surface area contributed by atoms with Crippen molar-refractivity contribution >= 4 is 39.3 Å². The number of rotatable bonds is 3. The molecule has 17 heavy (non-hydrogen) atoms. The molecule has 1 aromatic carbocycles. The molecule has 0 radical (unpaired) electrons. The van der Waals surface area contributed by atoms with Crippen molar-refractivity contribution < 1.29 is 8.42 Å². The van der Waals surface area contributed by atoms with Crippen LogP contribution in [0.1, 0.15) is 19.4 Å². The Morgan fingerprint density at radius 1 is 1.35 bits per heavy atom. The molecule has 0 bridgehead atoms. The molecule has 0 fully saturated rings. The van der Waals surface area contributed by atoms with E-state index in [1.807, 2.05) is 13.8 Å². The maximum Gasteiger partial charge on any atom is 0.204 e. The third-order valence-electron chi connectivity index (χ3n) is 2.51. The minimum atomic E-state index is -3.31. The van der Waals surface area contributed by atoms with Gasteiger partial charge in [0.05, 0.1) is 9.80 Å². The van der Waals surface area contributed by atoms with Crippen molar-refractivity contribution in [3.63, 3.8) is 0 Å². The second-order valence-corrected chi connectivity index (χ2v) is 8.07. The summed E-state index contributed by atoms with van der Waals surface area (Å²) in [6.07, 6.45) is 1.70. The molecule has 1 aliphatic rings. The quantitative estimate of drug-likeness (QED) is 0.852. The van der Waals surface area contributed by atoms with E-state index in [2.05, 4.69) is 0 Å². The molecular weight excluding hydrogens is 276 g/mol. The Morgan fingerprint density at radius 2 is 2.06 bits per heavy atom. The van der Waals surface area contributed by atoms with Crippen LogP contribution in [0.15, 0.2) is 28.0 Å². The van der Waals surface area contributed by atoms with E-state index >= 15 is 0 Å². The Kier molecular flexibility index (Phi) is 3.57. The van der Waals surface area contributed by atoms with Gasteiger partial charge in [-0.1, -0.05) is 31.5 Å². The third-order valence-corrected chi connectivity index (χ3v) is 6.06. The molecule has 0 saturated carbocycles. The maximum absolute atomic E-state index is 12.2. The number of halogens is 1. The van der Waals surface area contributed by atoms with Crippen molar-refractivity contribution in [3.05, 3.63) is 33.7 Å². The third kappa shape index (κ3) is 2.39. The zero-order valence-corrected chi connectivity index (χ0v) is 12.0. The van der Waals surface area contributed by atoms with Gasteiger partial charge in [-0.25, -0.2) is 8.42 Å². The molecule has 1 aliphatic heterocycles. The number of benzene rings is 1. The van der Waals surface area contributed by atoms with E-state index in [4.69, 9.17) is 11.6 Å². The summed E-state index contributed by atoms with van der Waals surface area (Å²) < 4.78 is 24.4. The Labute approximate surface area is 111 Å². The molecule has 1 heterocycles. The lowest BCUT2D eigenvalue weighted by atomic mass is 10.2. The van der Waals surface area contributed by atoms with Gasteiger partial charge in [0, 0.05) is 16.3 Å². The van der Waals surface area contributed by atoms with Gasteiger partial charge in [0.1, 0.15) is 0 Å². The van der Waals surface area contributed by atoms with E-state index in [9.17, 15) is 8.42 Å². The van der Waals surface area contributed by atoms with Crippen molar-refractivity contribution in [2.24, 2.45) is 0 Å². The van der Waals surface area contributed by atoms with Gasteiger partial charge < -0.3 is 0 Å². The molecule has 0 aromatic heterocycles. The predicted molar refractivity (Wildman–Crippen MR) is 74.2 cm³/mol. The minimum Gasteiger partial charge on any atom is -0.219 e. The zero-order valence-electron chi connectivity index (χ0n) is 9.60. The normalized spacial score (nSPS) is 17.1. The van der Waals surface area contributed by atoms with Crippen LogP contribution in [-0.4, -0.2) is 19.4 Å². The van der Waals surface area contributed by atoms with Gasteiger partial charge in [0.2, 0.25) is 9.84 Å². The van der Waals surface area contributed by atoms with Crippen molar-refractivity contribution in [2.45, 2.75) is 24.0 Å². The van der Waals surface area contributed by atoms with E-state index in [0.717, 1.165) is 0 Å². The fourth-order valence-electron chi connectivity index (χ4n) is 1.64. The molecule has 0 N–H and O–H groups in total. The summed E-state index contributed by atoms with van der Waals surface area (Å²) in [4.78, 5) is 0.795. The van der Waals surface area contributed by atoms with Gasteiger partial charge in [0.15, 0.2) is 0 Å². The van der Waals surface area contributed by atoms with Gasteiger partial charge in [0.25, 0.3) is 0 Å². The highest BCUT2D eigenvalue weighted by molar-refractivity contribution is 8.02. The Hall–Kier alpha value is -0.450. The molecule has 5 heteroatoms. The van der Waals surface area contributed by atoms with Crippen molar-refractivity contribution in [3.8, 4) is 0 Å². The topological polar surface area (TPSA) is 34.1 Å². The van der Waals surface area contributed by atoms with Crippen LogP contribution in [-0.2, 0) is 9.84 Å².